The maximum atomic E-state index is 14.8. The molecule has 0 aliphatic carbocycles. The average Bonchev–Trinajstić information content (AvgIpc) is 3.85. The van der Waals surface area contributed by atoms with Crippen molar-refractivity contribution >= 4 is 22.2 Å². The van der Waals surface area contributed by atoms with Crippen LogP contribution < -0.4 is 4.74 Å². The molecule has 0 radical (unpaired) electrons. The zero-order chi connectivity index (χ0) is 30.9. The number of H-pyrrole nitrogens is 2. The number of nitrogens with zero attached hydrogens (tertiary/aromatic N) is 7. The smallest absolute Gasteiger partial charge is 0.162 e. The largest absolute Gasteiger partial charge is 0.492 e. The Hall–Kier alpha value is -4.74. The van der Waals surface area contributed by atoms with Crippen molar-refractivity contribution in [1.29, 1.82) is 0 Å². The molecule has 2 N–H and O–H groups in total. The quantitative estimate of drug-likeness (QED) is 0.197. The van der Waals surface area contributed by atoms with E-state index in [1.165, 1.54) is 49.8 Å². The van der Waals surface area contributed by atoms with E-state index in [4.69, 9.17) is 14.7 Å². The molecule has 1 aromatic carbocycles. The van der Waals surface area contributed by atoms with Crippen molar-refractivity contribution in [3.8, 4) is 39.7 Å². The maximum Gasteiger partial charge on any atom is 0.162 e. The lowest BCUT2D eigenvalue weighted by molar-refractivity contribution is 0.220. The molecule has 2 saturated heterocycles. The molecule has 0 spiro atoms. The Morgan fingerprint density at radius 3 is 2.57 bits per heavy atom. The minimum Gasteiger partial charge on any atom is -0.492 e. The summed E-state index contributed by atoms with van der Waals surface area (Å²) in [4.78, 5) is 27.1. The summed E-state index contributed by atoms with van der Waals surface area (Å²) >= 11 is 0. The van der Waals surface area contributed by atoms with E-state index in [9.17, 15) is 4.39 Å². The van der Waals surface area contributed by atoms with E-state index in [1.807, 2.05) is 36.7 Å². The molecule has 11 heteroatoms. The second-order valence-corrected chi connectivity index (χ2v) is 12.3. The highest BCUT2D eigenvalue weighted by Crippen LogP contribution is 2.33. The number of fused-ring (bicyclic) bond motifs is 2. The summed E-state index contributed by atoms with van der Waals surface area (Å²) in [6, 6.07) is 12.8. The number of nitrogens with one attached hydrogen (secondary N) is 2. The molecule has 0 atom stereocenters. The van der Waals surface area contributed by atoms with Gasteiger partial charge in [-0.2, -0.15) is 5.10 Å². The van der Waals surface area contributed by atoms with Gasteiger partial charge in [0.15, 0.2) is 17.2 Å². The minimum absolute atomic E-state index is 0.362. The Bertz CT molecular complexity index is 1990. The number of benzene rings is 1. The number of imidazole rings is 1. The highest BCUT2D eigenvalue weighted by molar-refractivity contribution is 5.95. The fraction of sp³-hybridized carbons (Fsp3) is 0.343. The Morgan fingerprint density at radius 2 is 1.67 bits per heavy atom. The maximum absolute atomic E-state index is 14.8. The number of piperidine rings is 1. The van der Waals surface area contributed by atoms with Crippen LogP contribution in [0.2, 0.25) is 0 Å². The molecule has 0 bridgehead atoms. The monoisotopic (exact) mass is 617 g/mol. The van der Waals surface area contributed by atoms with E-state index in [2.05, 4.69) is 41.0 Å². The molecular weight excluding hydrogens is 581 g/mol. The summed E-state index contributed by atoms with van der Waals surface area (Å²) in [6.45, 7) is 6.70. The number of rotatable bonds is 9. The van der Waals surface area contributed by atoms with Crippen LogP contribution in [0.4, 0.5) is 4.39 Å². The van der Waals surface area contributed by atoms with Gasteiger partial charge >= 0.3 is 0 Å². The van der Waals surface area contributed by atoms with E-state index < -0.39 is 0 Å². The van der Waals surface area contributed by atoms with Gasteiger partial charge in [0.1, 0.15) is 29.2 Å². The van der Waals surface area contributed by atoms with Crippen molar-refractivity contribution in [1.82, 2.24) is 44.9 Å². The molecule has 7 heterocycles. The molecule has 5 aromatic heterocycles. The minimum atomic E-state index is -0.362. The van der Waals surface area contributed by atoms with Gasteiger partial charge in [-0.05, 0) is 99.4 Å². The molecule has 2 fully saturated rings. The van der Waals surface area contributed by atoms with Gasteiger partial charge in [0.05, 0.1) is 11.2 Å². The molecule has 0 saturated carbocycles. The number of likely N-dealkylation sites (tertiary alicyclic amines) is 2. The Kier molecular flexibility index (Phi) is 7.85. The topological polar surface area (TPSA) is 112 Å². The van der Waals surface area contributed by atoms with Crippen LogP contribution in [0, 0.1) is 5.82 Å². The molecule has 8 rings (SSSR count). The SMILES string of the molecule is Fc1cc(OCCN2CCCC2)cc(-c2ccnc3[nH]c(-c4n[nH]c5ccc(-c6cncc(CN7CCCCC7)c6)nc45)nc23)c1. The van der Waals surface area contributed by atoms with Gasteiger partial charge in [-0.15, -0.1) is 0 Å². The zero-order valence-electron chi connectivity index (χ0n) is 25.7. The third-order valence-electron chi connectivity index (χ3n) is 9.02. The van der Waals surface area contributed by atoms with Crippen molar-refractivity contribution < 1.29 is 9.13 Å². The van der Waals surface area contributed by atoms with Crippen LogP contribution >= 0.6 is 0 Å². The van der Waals surface area contributed by atoms with Crippen LogP contribution in [0.5, 0.6) is 5.75 Å². The van der Waals surface area contributed by atoms with Crippen molar-refractivity contribution in [2.24, 2.45) is 0 Å². The van der Waals surface area contributed by atoms with Crippen LogP contribution in [0.15, 0.2) is 61.1 Å². The molecule has 10 nitrogen and oxygen atoms in total. The van der Waals surface area contributed by atoms with Gasteiger partial charge in [-0.25, -0.2) is 19.3 Å². The van der Waals surface area contributed by atoms with Crippen LogP contribution in [-0.4, -0.2) is 84.2 Å². The van der Waals surface area contributed by atoms with E-state index in [0.717, 1.165) is 61.6 Å². The second-order valence-electron chi connectivity index (χ2n) is 12.3. The molecule has 46 heavy (non-hydrogen) atoms. The lowest BCUT2D eigenvalue weighted by Gasteiger charge is -2.26. The number of pyridine rings is 3. The van der Waals surface area contributed by atoms with Gasteiger partial charge in [0.25, 0.3) is 0 Å². The van der Waals surface area contributed by atoms with Gasteiger partial charge in [0.2, 0.25) is 0 Å². The molecule has 234 valence electrons. The highest BCUT2D eigenvalue weighted by Gasteiger charge is 2.19. The van der Waals surface area contributed by atoms with Gasteiger partial charge in [-0.3, -0.25) is 19.9 Å². The van der Waals surface area contributed by atoms with Crippen molar-refractivity contribution in [3.05, 3.63) is 72.4 Å². The van der Waals surface area contributed by atoms with Crippen LogP contribution in [0.1, 0.15) is 37.7 Å². The first-order valence-corrected chi connectivity index (χ1v) is 16.2. The Labute approximate surface area is 266 Å². The molecule has 6 aromatic rings. The fourth-order valence-electron chi connectivity index (χ4n) is 6.67. The van der Waals surface area contributed by atoms with Crippen LogP contribution in [0.3, 0.4) is 0 Å². The Balaban J connectivity index is 1.08. The van der Waals surface area contributed by atoms with E-state index in [-0.39, 0.29) is 5.82 Å². The van der Waals surface area contributed by atoms with Crippen molar-refractivity contribution in [2.75, 3.05) is 39.3 Å². The first-order valence-electron chi connectivity index (χ1n) is 16.2. The average molecular weight is 618 g/mol. The van der Waals surface area contributed by atoms with Crippen molar-refractivity contribution in [3.63, 3.8) is 0 Å². The predicted molar refractivity (Wildman–Crippen MR) is 176 cm³/mol. The molecular formula is C35H36FN9O. The molecule has 0 amide bonds. The zero-order valence-corrected chi connectivity index (χ0v) is 25.7. The molecule has 2 aliphatic heterocycles. The number of aromatic nitrogens is 7. The summed E-state index contributed by atoms with van der Waals surface area (Å²) in [6.07, 6.45) is 11.8. The number of hydrogen-bond acceptors (Lipinski definition) is 8. The van der Waals surface area contributed by atoms with Gasteiger partial charge in [0, 0.05) is 48.9 Å². The number of aromatic amines is 2. The second kappa shape index (κ2) is 12.6. The number of hydrogen-bond donors (Lipinski definition) is 2. The van der Waals surface area contributed by atoms with Crippen LogP contribution in [-0.2, 0) is 6.54 Å². The summed E-state index contributed by atoms with van der Waals surface area (Å²) in [7, 11) is 0. The normalized spacial score (nSPS) is 16.1. The Morgan fingerprint density at radius 1 is 0.826 bits per heavy atom. The number of halogens is 1. The lowest BCUT2D eigenvalue weighted by Crippen LogP contribution is -2.29. The van der Waals surface area contributed by atoms with Gasteiger partial charge in [-0.1, -0.05) is 6.42 Å². The predicted octanol–water partition coefficient (Wildman–Crippen LogP) is 6.22. The fourth-order valence-corrected chi connectivity index (χ4v) is 6.67. The molecule has 0 unspecified atom stereocenters. The third-order valence-corrected chi connectivity index (χ3v) is 9.02. The van der Waals surface area contributed by atoms with Crippen LogP contribution in [0.25, 0.3) is 56.1 Å². The summed E-state index contributed by atoms with van der Waals surface area (Å²) in [5.74, 6) is 0.666. The first kappa shape index (κ1) is 28.7. The lowest BCUT2D eigenvalue weighted by atomic mass is 10.1. The summed E-state index contributed by atoms with van der Waals surface area (Å²) in [5.41, 5.74) is 7.66. The van der Waals surface area contributed by atoms with E-state index in [0.29, 0.717) is 46.1 Å². The summed E-state index contributed by atoms with van der Waals surface area (Å²) < 4.78 is 20.8. The van der Waals surface area contributed by atoms with E-state index >= 15 is 0 Å². The summed E-state index contributed by atoms with van der Waals surface area (Å²) in [5, 5.41) is 7.66. The van der Waals surface area contributed by atoms with E-state index in [1.54, 1.807) is 6.20 Å². The number of ether oxygens (including phenoxy) is 1. The standard InChI is InChI=1S/C35H36FN9O/c36-26-17-24(18-27(19-26)46-15-14-44-10-4-5-11-44)28-8-9-38-34-31(28)40-35(41-34)33-32-30(42-43-33)7-6-29(39-32)25-16-23(20-37-21-25)22-45-12-2-1-3-13-45/h6-9,16-21H,1-5,10-15,22H2,(H,42,43)(H,38,40,41). The van der Waals surface area contributed by atoms with Crippen molar-refractivity contribution in [2.45, 2.75) is 38.6 Å². The third kappa shape index (κ3) is 5.95. The first-order chi connectivity index (χ1) is 22.7. The molecule has 2 aliphatic rings. The van der Waals surface area contributed by atoms with Gasteiger partial charge < -0.3 is 9.72 Å². The highest BCUT2D eigenvalue weighted by atomic mass is 19.1.